The van der Waals surface area contributed by atoms with E-state index in [0.717, 1.165) is 11.3 Å². The maximum Gasteiger partial charge on any atom is 0.247 e. The van der Waals surface area contributed by atoms with Crippen molar-refractivity contribution in [2.45, 2.75) is 13.1 Å². The van der Waals surface area contributed by atoms with E-state index in [1.54, 1.807) is 46.5 Å². The van der Waals surface area contributed by atoms with Gasteiger partial charge in [0.1, 0.15) is 11.5 Å². The van der Waals surface area contributed by atoms with Gasteiger partial charge in [0.2, 0.25) is 5.91 Å². The zero-order chi connectivity index (χ0) is 19.2. The van der Waals surface area contributed by atoms with E-state index < -0.39 is 0 Å². The van der Waals surface area contributed by atoms with Crippen LogP contribution in [0.5, 0.6) is 0 Å². The summed E-state index contributed by atoms with van der Waals surface area (Å²) in [5, 5.41) is 4.34. The number of carbonyl (C=O) groups is 1. The minimum absolute atomic E-state index is 0.139. The molecule has 4 rings (SSSR count). The molecule has 140 valence electrons. The third-order valence-corrected chi connectivity index (χ3v) is 4.21. The molecule has 0 spiro atoms. The molecular formula is C22H19N3O3. The molecule has 0 bridgehead atoms. The first kappa shape index (κ1) is 17.6. The Morgan fingerprint density at radius 1 is 0.964 bits per heavy atom. The summed E-state index contributed by atoms with van der Waals surface area (Å²) in [7, 11) is 0. The highest BCUT2D eigenvalue weighted by Gasteiger charge is 2.15. The Hall–Kier alpha value is -3.80. The largest absolute Gasteiger partial charge is 0.467 e. The number of furan rings is 2. The molecule has 6 heteroatoms. The molecule has 0 unspecified atom stereocenters. The van der Waals surface area contributed by atoms with Gasteiger partial charge in [-0.2, -0.15) is 5.10 Å². The van der Waals surface area contributed by atoms with Crippen LogP contribution >= 0.6 is 0 Å². The fourth-order valence-corrected chi connectivity index (χ4v) is 2.81. The van der Waals surface area contributed by atoms with Crippen LogP contribution in [-0.2, 0) is 17.9 Å². The molecule has 3 aromatic heterocycles. The van der Waals surface area contributed by atoms with E-state index in [2.05, 4.69) is 5.10 Å². The van der Waals surface area contributed by atoms with Crippen LogP contribution in [0.3, 0.4) is 0 Å². The molecule has 0 atom stereocenters. The SMILES string of the molecule is O=C(/C=C/c1cnn(-c2ccccc2)c1)N(Cc1ccco1)Cc1ccco1. The van der Waals surface area contributed by atoms with Crippen LogP contribution in [0.2, 0.25) is 0 Å². The molecule has 0 saturated carbocycles. The molecule has 0 fully saturated rings. The average molecular weight is 373 g/mol. The lowest BCUT2D eigenvalue weighted by molar-refractivity contribution is -0.127. The Morgan fingerprint density at radius 3 is 2.25 bits per heavy atom. The number of benzene rings is 1. The van der Waals surface area contributed by atoms with E-state index in [0.29, 0.717) is 24.6 Å². The summed E-state index contributed by atoms with van der Waals surface area (Å²) in [6.45, 7) is 0.723. The third-order valence-electron chi connectivity index (χ3n) is 4.21. The van der Waals surface area contributed by atoms with Crippen LogP contribution in [0.15, 0.2) is 94.4 Å². The summed E-state index contributed by atoms with van der Waals surface area (Å²) in [4.78, 5) is 14.4. The van der Waals surface area contributed by atoms with Crippen LogP contribution < -0.4 is 0 Å². The Kier molecular flexibility index (Phi) is 5.20. The van der Waals surface area contributed by atoms with E-state index in [1.165, 1.54) is 6.08 Å². The Balaban J connectivity index is 1.48. The second kappa shape index (κ2) is 8.26. The van der Waals surface area contributed by atoms with Crippen molar-refractivity contribution in [3.05, 3.63) is 103 Å². The maximum atomic E-state index is 12.8. The first-order valence-electron chi connectivity index (χ1n) is 8.90. The van der Waals surface area contributed by atoms with Crippen molar-refractivity contribution in [2.24, 2.45) is 0 Å². The minimum atomic E-state index is -0.139. The number of rotatable bonds is 7. The van der Waals surface area contributed by atoms with Gasteiger partial charge in [0.15, 0.2) is 0 Å². The van der Waals surface area contributed by atoms with Gasteiger partial charge in [0.25, 0.3) is 0 Å². The van der Waals surface area contributed by atoms with E-state index >= 15 is 0 Å². The number of amides is 1. The van der Waals surface area contributed by atoms with Gasteiger partial charge in [-0.3, -0.25) is 4.79 Å². The number of para-hydroxylation sites is 1. The van der Waals surface area contributed by atoms with Crippen molar-refractivity contribution >= 4 is 12.0 Å². The Labute approximate surface area is 162 Å². The zero-order valence-corrected chi connectivity index (χ0v) is 15.1. The molecule has 0 aliphatic heterocycles. The number of nitrogens with zero attached hydrogens (tertiary/aromatic N) is 3. The van der Waals surface area contributed by atoms with Crippen LogP contribution in [0.1, 0.15) is 17.1 Å². The van der Waals surface area contributed by atoms with Crippen molar-refractivity contribution < 1.29 is 13.6 Å². The van der Waals surface area contributed by atoms with Crippen molar-refractivity contribution in [3.8, 4) is 5.69 Å². The van der Waals surface area contributed by atoms with E-state index in [4.69, 9.17) is 8.83 Å². The van der Waals surface area contributed by atoms with Crippen LogP contribution in [-0.4, -0.2) is 20.6 Å². The summed E-state index contributed by atoms with van der Waals surface area (Å²) in [5.74, 6) is 1.29. The topological polar surface area (TPSA) is 64.4 Å². The van der Waals surface area contributed by atoms with Gasteiger partial charge < -0.3 is 13.7 Å². The Bertz CT molecular complexity index is 996. The fraction of sp³-hybridized carbons (Fsp3) is 0.0909. The van der Waals surface area contributed by atoms with E-state index in [-0.39, 0.29) is 5.91 Å². The quantitative estimate of drug-likeness (QED) is 0.453. The van der Waals surface area contributed by atoms with Crippen molar-refractivity contribution in [2.75, 3.05) is 0 Å². The monoisotopic (exact) mass is 373 g/mol. The number of hydrogen-bond acceptors (Lipinski definition) is 4. The summed E-state index contributed by atoms with van der Waals surface area (Å²) < 4.78 is 12.5. The molecule has 0 N–H and O–H groups in total. The lowest BCUT2D eigenvalue weighted by Crippen LogP contribution is -2.28. The number of hydrogen-bond donors (Lipinski definition) is 0. The van der Waals surface area contributed by atoms with E-state index in [9.17, 15) is 4.79 Å². The minimum Gasteiger partial charge on any atom is -0.467 e. The molecule has 28 heavy (non-hydrogen) atoms. The highest BCUT2D eigenvalue weighted by Crippen LogP contribution is 2.13. The summed E-state index contributed by atoms with van der Waals surface area (Å²) in [6.07, 6.45) is 10.1. The molecule has 6 nitrogen and oxygen atoms in total. The molecule has 0 aliphatic rings. The van der Waals surface area contributed by atoms with Gasteiger partial charge in [0.05, 0.1) is 37.5 Å². The third kappa shape index (κ3) is 4.29. The van der Waals surface area contributed by atoms with Gasteiger partial charge in [-0.1, -0.05) is 18.2 Å². The van der Waals surface area contributed by atoms with Gasteiger partial charge in [-0.25, -0.2) is 4.68 Å². The maximum absolute atomic E-state index is 12.8. The Morgan fingerprint density at radius 2 is 1.64 bits per heavy atom. The molecule has 1 aromatic carbocycles. The first-order chi connectivity index (χ1) is 13.8. The molecular weight excluding hydrogens is 354 g/mol. The fourth-order valence-electron chi connectivity index (χ4n) is 2.81. The van der Waals surface area contributed by atoms with Crippen molar-refractivity contribution in [3.63, 3.8) is 0 Å². The van der Waals surface area contributed by atoms with Crippen molar-refractivity contribution in [1.29, 1.82) is 0 Å². The molecule has 4 aromatic rings. The normalized spacial score (nSPS) is 11.1. The summed E-state index contributed by atoms with van der Waals surface area (Å²) >= 11 is 0. The highest BCUT2D eigenvalue weighted by molar-refractivity contribution is 5.91. The first-order valence-corrected chi connectivity index (χ1v) is 8.90. The molecule has 0 aliphatic carbocycles. The van der Waals surface area contributed by atoms with Gasteiger partial charge in [0, 0.05) is 17.8 Å². The lowest BCUT2D eigenvalue weighted by atomic mass is 10.3. The van der Waals surface area contributed by atoms with Gasteiger partial charge >= 0.3 is 0 Å². The molecule has 0 saturated heterocycles. The molecule has 1 amide bonds. The van der Waals surface area contributed by atoms with Gasteiger partial charge in [-0.15, -0.1) is 0 Å². The zero-order valence-electron chi connectivity index (χ0n) is 15.1. The molecule has 0 radical (unpaired) electrons. The number of carbonyl (C=O) groups excluding carboxylic acids is 1. The average Bonchev–Trinajstić information content (AvgIpc) is 3.49. The predicted octanol–water partition coefficient (Wildman–Crippen LogP) is 4.30. The molecule has 3 heterocycles. The van der Waals surface area contributed by atoms with Crippen molar-refractivity contribution in [1.82, 2.24) is 14.7 Å². The van der Waals surface area contributed by atoms with Crippen LogP contribution in [0.25, 0.3) is 11.8 Å². The second-order valence-corrected chi connectivity index (χ2v) is 6.24. The van der Waals surface area contributed by atoms with Crippen LogP contribution in [0.4, 0.5) is 0 Å². The van der Waals surface area contributed by atoms with Crippen LogP contribution in [0, 0.1) is 0 Å². The smallest absolute Gasteiger partial charge is 0.247 e. The lowest BCUT2D eigenvalue weighted by Gasteiger charge is -2.18. The van der Waals surface area contributed by atoms with E-state index in [1.807, 2.05) is 48.7 Å². The predicted molar refractivity (Wildman–Crippen MR) is 104 cm³/mol. The number of aromatic nitrogens is 2. The summed E-state index contributed by atoms with van der Waals surface area (Å²) in [6, 6.07) is 17.1. The second-order valence-electron chi connectivity index (χ2n) is 6.24. The van der Waals surface area contributed by atoms with Gasteiger partial charge in [-0.05, 0) is 42.5 Å². The highest BCUT2D eigenvalue weighted by atomic mass is 16.3. The summed E-state index contributed by atoms with van der Waals surface area (Å²) in [5.41, 5.74) is 1.80. The standard InChI is InChI=1S/C22H19N3O3/c26-22(11-10-18-14-23-25(15-18)19-6-2-1-3-7-19)24(16-20-8-4-12-27-20)17-21-9-5-13-28-21/h1-15H,16-17H2/b11-10+.